The highest BCUT2D eigenvalue weighted by Gasteiger charge is 2.16. The molecule has 0 aliphatic carbocycles. The molecule has 0 aliphatic heterocycles. The van der Waals surface area contributed by atoms with Gasteiger partial charge in [-0.05, 0) is 27.6 Å². The average molecular weight is 330 g/mol. The van der Waals surface area contributed by atoms with Gasteiger partial charge in [0, 0.05) is 21.5 Å². The maximum absolute atomic E-state index is 6.57. The minimum atomic E-state index is 0.988. The van der Waals surface area contributed by atoms with Gasteiger partial charge in [-0.3, -0.25) is 0 Å². The van der Waals surface area contributed by atoms with Crippen molar-refractivity contribution < 1.29 is 4.42 Å². The molecule has 6 aromatic rings. The van der Waals surface area contributed by atoms with Gasteiger partial charge in [-0.15, -0.1) is 0 Å². The fourth-order valence-corrected chi connectivity index (χ4v) is 4.36. The molecular weight excluding hydrogens is 315 g/mol. The summed E-state index contributed by atoms with van der Waals surface area (Å²) >= 11 is 0. The number of hydrogen-bond acceptors (Lipinski definition) is 1. The maximum atomic E-state index is 6.57. The van der Waals surface area contributed by atoms with Crippen molar-refractivity contribution in [3.8, 4) is 0 Å². The lowest BCUT2D eigenvalue weighted by Gasteiger charge is -2.06. The van der Waals surface area contributed by atoms with E-state index in [1.54, 1.807) is 0 Å². The SMILES string of the molecule is Bc1cc2ccc3ccccc3c2c2oc3c4ccccc4ccc3c12. The third-order valence-electron chi connectivity index (χ3n) is 5.53. The van der Waals surface area contributed by atoms with Crippen LogP contribution in [0.25, 0.3) is 54.3 Å². The lowest BCUT2D eigenvalue weighted by Crippen LogP contribution is -2.02. The van der Waals surface area contributed by atoms with Crippen LogP contribution in [0.15, 0.2) is 83.3 Å². The molecule has 0 spiro atoms. The summed E-state index contributed by atoms with van der Waals surface area (Å²) in [6, 6.07) is 28.1. The fraction of sp³-hybridized carbons (Fsp3) is 0. The highest BCUT2D eigenvalue weighted by molar-refractivity contribution is 6.45. The van der Waals surface area contributed by atoms with Gasteiger partial charge in [0.2, 0.25) is 0 Å². The van der Waals surface area contributed by atoms with E-state index in [9.17, 15) is 0 Å². The summed E-state index contributed by atoms with van der Waals surface area (Å²) in [6.07, 6.45) is 0. The molecule has 1 aromatic heterocycles. The summed E-state index contributed by atoms with van der Waals surface area (Å²) in [7, 11) is 2.18. The molecule has 0 atom stereocenters. The van der Waals surface area contributed by atoms with Crippen LogP contribution in [0.2, 0.25) is 0 Å². The van der Waals surface area contributed by atoms with Gasteiger partial charge in [0.1, 0.15) is 19.0 Å². The van der Waals surface area contributed by atoms with Gasteiger partial charge >= 0.3 is 0 Å². The van der Waals surface area contributed by atoms with E-state index in [1.165, 1.54) is 48.6 Å². The molecule has 0 amide bonds. The standard InChI is InChI=1S/C24H15BO/c25-20-13-16-10-9-14-5-1-3-7-17(14)21(16)24-22(20)19-12-11-15-6-2-4-8-18(15)23(19)26-24/h1-13H,25H2. The topological polar surface area (TPSA) is 13.1 Å². The molecule has 0 unspecified atom stereocenters. The lowest BCUT2D eigenvalue weighted by molar-refractivity contribution is 0.677. The van der Waals surface area contributed by atoms with Crippen LogP contribution >= 0.6 is 0 Å². The molecule has 1 nitrogen and oxygen atoms in total. The quantitative estimate of drug-likeness (QED) is 0.272. The first-order valence-corrected chi connectivity index (χ1v) is 8.96. The predicted molar refractivity (Wildman–Crippen MR) is 114 cm³/mol. The van der Waals surface area contributed by atoms with E-state index in [2.05, 4.69) is 86.7 Å². The second-order valence-electron chi connectivity index (χ2n) is 7.05. The molecule has 120 valence electrons. The van der Waals surface area contributed by atoms with Crippen LogP contribution in [0, 0.1) is 0 Å². The Kier molecular flexibility index (Phi) is 2.63. The van der Waals surface area contributed by atoms with Crippen molar-refractivity contribution >= 4 is 67.6 Å². The predicted octanol–water partition coefficient (Wildman–Crippen LogP) is 5.30. The first-order chi connectivity index (χ1) is 12.8. The Bertz CT molecular complexity index is 1490. The largest absolute Gasteiger partial charge is 0.455 e. The van der Waals surface area contributed by atoms with Gasteiger partial charge in [-0.25, -0.2) is 0 Å². The van der Waals surface area contributed by atoms with Crippen LogP contribution in [0.5, 0.6) is 0 Å². The van der Waals surface area contributed by atoms with Crippen LogP contribution in [0.4, 0.5) is 0 Å². The maximum Gasteiger partial charge on any atom is 0.143 e. The number of furan rings is 1. The zero-order valence-electron chi connectivity index (χ0n) is 14.4. The molecule has 0 aliphatic rings. The van der Waals surface area contributed by atoms with Crippen LogP contribution in [0.1, 0.15) is 0 Å². The number of rotatable bonds is 0. The Morgan fingerprint density at radius 2 is 1.19 bits per heavy atom. The van der Waals surface area contributed by atoms with E-state index in [1.807, 2.05) is 0 Å². The van der Waals surface area contributed by atoms with E-state index in [4.69, 9.17) is 4.42 Å². The molecule has 0 saturated heterocycles. The van der Waals surface area contributed by atoms with Crippen molar-refractivity contribution in [3.05, 3.63) is 78.9 Å². The summed E-state index contributed by atoms with van der Waals surface area (Å²) < 4.78 is 6.57. The van der Waals surface area contributed by atoms with Crippen LogP contribution < -0.4 is 5.46 Å². The van der Waals surface area contributed by atoms with Gasteiger partial charge < -0.3 is 4.42 Å². The van der Waals surface area contributed by atoms with Crippen molar-refractivity contribution in [2.75, 3.05) is 0 Å². The first kappa shape index (κ1) is 14.0. The van der Waals surface area contributed by atoms with Crippen molar-refractivity contribution in [2.45, 2.75) is 0 Å². The van der Waals surface area contributed by atoms with E-state index < -0.39 is 0 Å². The second kappa shape index (κ2) is 4.89. The Labute approximate surface area is 151 Å². The third-order valence-corrected chi connectivity index (χ3v) is 5.53. The molecule has 1 heterocycles. The van der Waals surface area contributed by atoms with Crippen LogP contribution in [0.3, 0.4) is 0 Å². The average Bonchev–Trinajstić information content (AvgIpc) is 3.08. The van der Waals surface area contributed by atoms with Gasteiger partial charge in [-0.2, -0.15) is 0 Å². The van der Waals surface area contributed by atoms with E-state index in [0.717, 1.165) is 11.2 Å². The minimum Gasteiger partial charge on any atom is -0.455 e. The molecule has 5 aromatic carbocycles. The lowest BCUT2D eigenvalue weighted by atomic mass is 9.87. The Morgan fingerprint density at radius 3 is 2.04 bits per heavy atom. The van der Waals surface area contributed by atoms with Crippen molar-refractivity contribution in [2.24, 2.45) is 0 Å². The van der Waals surface area contributed by atoms with Gasteiger partial charge in [0.15, 0.2) is 0 Å². The summed E-state index contributed by atoms with van der Waals surface area (Å²) in [5.41, 5.74) is 3.25. The van der Waals surface area contributed by atoms with Crippen LogP contribution in [-0.2, 0) is 0 Å². The van der Waals surface area contributed by atoms with Crippen molar-refractivity contribution in [1.82, 2.24) is 0 Å². The molecule has 0 radical (unpaired) electrons. The van der Waals surface area contributed by atoms with Crippen molar-refractivity contribution in [1.29, 1.82) is 0 Å². The Morgan fingerprint density at radius 1 is 0.538 bits per heavy atom. The second-order valence-corrected chi connectivity index (χ2v) is 7.05. The first-order valence-electron chi connectivity index (χ1n) is 8.96. The highest BCUT2D eigenvalue weighted by atomic mass is 16.3. The highest BCUT2D eigenvalue weighted by Crippen LogP contribution is 2.38. The Hall–Kier alpha value is -3.26. The molecule has 0 bridgehead atoms. The molecule has 6 rings (SSSR count). The molecule has 0 fully saturated rings. The van der Waals surface area contributed by atoms with E-state index in [-0.39, 0.29) is 0 Å². The summed E-state index contributed by atoms with van der Waals surface area (Å²) in [4.78, 5) is 0. The van der Waals surface area contributed by atoms with Crippen LogP contribution in [-0.4, -0.2) is 7.85 Å². The molecule has 26 heavy (non-hydrogen) atoms. The monoisotopic (exact) mass is 330 g/mol. The van der Waals surface area contributed by atoms with Crippen molar-refractivity contribution in [3.63, 3.8) is 0 Å². The summed E-state index contributed by atoms with van der Waals surface area (Å²) in [5.74, 6) is 0. The number of benzene rings is 5. The zero-order valence-corrected chi connectivity index (χ0v) is 14.4. The van der Waals surface area contributed by atoms with Gasteiger partial charge in [-0.1, -0.05) is 78.3 Å². The third kappa shape index (κ3) is 1.71. The van der Waals surface area contributed by atoms with E-state index >= 15 is 0 Å². The molecule has 0 N–H and O–H groups in total. The zero-order chi connectivity index (χ0) is 17.3. The summed E-state index contributed by atoms with van der Waals surface area (Å²) in [5, 5.41) is 9.76. The van der Waals surface area contributed by atoms with Gasteiger partial charge in [0.25, 0.3) is 0 Å². The number of hydrogen-bond donors (Lipinski definition) is 0. The van der Waals surface area contributed by atoms with Gasteiger partial charge in [0.05, 0.1) is 0 Å². The van der Waals surface area contributed by atoms with E-state index in [0.29, 0.717) is 0 Å². The smallest absolute Gasteiger partial charge is 0.143 e. The molecule has 2 heteroatoms. The molecule has 0 saturated carbocycles. The summed E-state index contributed by atoms with van der Waals surface area (Å²) in [6.45, 7) is 0. The Balaban J connectivity index is 1.96. The fourth-order valence-electron chi connectivity index (χ4n) is 4.36. The normalized spacial score (nSPS) is 12.0. The minimum absolute atomic E-state index is 0.988. The molecular formula is C24H15BO. The number of fused-ring (bicyclic) bond motifs is 9.